The Morgan fingerprint density at radius 3 is 1.53 bits per heavy atom. The molecule has 0 atom stereocenters. The molecule has 0 aliphatic carbocycles. The Balaban J connectivity index is 1.93. The van der Waals surface area contributed by atoms with Crippen LogP contribution in [0.5, 0.6) is 0 Å². The summed E-state index contributed by atoms with van der Waals surface area (Å²) in [5.41, 5.74) is 0. The van der Waals surface area contributed by atoms with E-state index in [1.54, 1.807) is 23.5 Å². The van der Waals surface area contributed by atoms with Crippen molar-refractivity contribution in [3.05, 3.63) is 48.5 Å². The zero-order valence-electron chi connectivity index (χ0n) is 9.04. The number of hydrogen-bond donors (Lipinski definition) is 2. The summed E-state index contributed by atoms with van der Waals surface area (Å²) in [6.07, 6.45) is 0. The lowest BCUT2D eigenvalue weighted by Gasteiger charge is -2.06. The molecule has 2 aromatic rings. The standard InChI is InChI=1S/C13H12S4/c14-10-5-1-3-7-12(10)16-9-17-13-8-4-2-6-11(13)15/h1-8,14-15H,9H2. The van der Waals surface area contributed by atoms with Gasteiger partial charge in [0.15, 0.2) is 0 Å². The van der Waals surface area contributed by atoms with E-state index < -0.39 is 0 Å². The van der Waals surface area contributed by atoms with Crippen LogP contribution in [-0.4, -0.2) is 5.08 Å². The summed E-state index contributed by atoms with van der Waals surface area (Å²) < 4.78 is 0. The molecular formula is C13H12S4. The predicted molar refractivity (Wildman–Crippen MR) is 84.0 cm³/mol. The molecule has 2 rings (SSSR count). The van der Waals surface area contributed by atoms with Gasteiger partial charge in [0.25, 0.3) is 0 Å². The van der Waals surface area contributed by atoms with Gasteiger partial charge in [-0.15, -0.1) is 48.8 Å². The van der Waals surface area contributed by atoms with E-state index in [4.69, 9.17) is 0 Å². The molecule has 0 radical (unpaired) electrons. The fraction of sp³-hybridized carbons (Fsp3) is 0.0769. The van der Waals surface area contributed by atoms with Gasteiger partial charge in [0.2, 0.25) is 0 Å². The molecule has 0 nitrogen and oxygen atoms in total. The van der Waals surface area contributed by atoms with E-state index in [1.807, 2.05) is 36.4 Å². The van der Waals surface area contributed by atoms with E-state index in [2.05, 4.69) is 37.4 Å². The highest BCUT2D eigenvalue weighted by atomic mass is 32.2. The minimum Gasteiger partial charge on any atom is -0.142 e. The molecule has 0 unspecified atom stereocenters. The molecule has 0 aliphatic heterocycles. The van der Waals surface area contributed by atoms with Crippen molar-refractivity contribution in [2.45, 2.75) is 19.6 Å². The Morgan fingerprint density at radius 2 is 1.12 bits per heavy atom. The van der Waals surface area contributed by atoms with Crippen LogP contribution in [0.25, 0.3) is 0 Å². The van der Waals surface area contributed by atoms with Crippen molar-refractivity contribution in [3.8, 4) is 0 Å². The average molecular weight is 297 g/mol. The molecule has 0 saturated carbocycles. The topological polar surface area (TPSA) is 0 Å². The summed E-state index contributed by atoms with van der Waals surface area (Å²) in [7, 11) is 0. The van der Waals surface area contributed by atoms with Crippen molar-refractivity contribution in [2.24, 2.45) is 0 Å². The maximum absolute atomic E-state index is 4.43. The first-order valence-electron chi connectivity index (χ1n) is 5.09. The summed E-state index contributed by atoms with van der Waals surface area (Å²) in [5.74, 6) is 0. The highest BCUT2D eigenvalue weighted by molar-refractivity contribution is 8.16. The molecule has 0 aromatic heterocycles. The number of benzene rings is 2. The van der Waals surface area contributed by atoms with E-state index in [-0.39, 0.29) is 0 Å². The van der Waals surface area contributed by atoms with Gasteiger partial charge in [-0.3, -0.25) is 0 Å². The van der Waals surface area contributed by atoms with Crippen LogP contribution in [0.2, 0.25) is 0 Å². The third kappa shape index (κ3) is 3.91. The fourth-order valence-electron chi connectivity index (χ4n) is 1.31. The van der Waals surface area contributed by atoms with Gasteiger partial charge in [0, 0.05) is 24.7 Å². The molecule has 0 aliphatic rings. The van der Waals surface area contributed by atoms with Crippen LogP contribution in [0.3, 0.4) is 0 Å². The van der Waals surface area contributed by atoms with Crippen LogP contribution >= 0.6 is 48.8 Å². The minimum atomic E-state index is 0.967. The van der Waals surface area contributed by atoms with Crippen LogP contribution in [0.1, 0.15) is 0 Å². The van der Waals surface area contributed by atoms with Gasteiger partial charge in [0.1, 0.15) is 0 Å². The molecule has 0 heterocycles. The smallest absolute Gasteiger partial charge is 0.0487 e. The lowest BCUT2D eigenvalue weighted by molar-refractivity contribution is 1.26. The summed E-state index contributed by atoms with van der Waals surface area (Å²) in [6.45, 7) is 0. The largest absolute Gasteiger partial charge is 0.142 e. The van der Waals surface area contributed by atoms with Gasteiger partial charge in [-0.25, -0.2) is 0 Å². The van der Waals surface area contributed by atoms with E-state index in [0.717, 1.165) is 14.9 Å². The van der Waals surface area contributed by atoms with Gasteiger partial charge in [-0.05, 0) is 24.3 Å². The SMILES string of the molecule is Sc1ccccc1SCSc1ccccc1S. The number of thiol groups is 2. The lowest BCUT2D eigenvalue weighted by Crippen LogP contribution is -1.78. The summed E-state index contributed by atoms with van der Waals surface area (Å²) >= 11 is 12.5. The zero-order chi connectivity index (χ0) is 12.1. The molecule has 2 aromatic carbocycles. The molecule has 17 heavy (non-hydrogen) atoms. The van der Waals surface area contributed by atoms with Crippen LogP contribution < -0.4 is 0 Å². The lowest BCUT2D eigenvalue weighted by atomic mass is 10.4. The van der Waals surface area contributed by atoms with Gasteiger partial charge in [0.05, 0.1) is 0 Å². The summed E-state index contributed by atoms with van der Waals surface area (Å²) in [6, 6.07) is 16.3. The normalized spacial score (nSPS) is 10.5. The molecule has 0 spiro atoms. The monoisotopic (exact) mass is 296 g/mol. The first-order valence-corrected chi connectivity index (χ1v) is 7.95. The summed E-state index contributed by atoms with van der Waals surface area (Å²) in [5, 5.41) is 0.967. The van der Waals surface area contributed by atoms with Gasteiger partial charge in [-0.1, -0.05) is 24.3 Å². The molecule has 88 valence electrons. The van der Waals surface area contributed by atoms with E-state index in [9.17, 15) is 0 Å². The second kappa shape index (κ2) is 6.69. The highest BCUT2D eigenvalue weighted by Gasteiger charge is 2.01. The van der Waals surface area contributed by atoms with E-state index in [1.165, 1.54) is 9.79 Å². The maximum Gasteiger partial charge on any atom is 0.0487 e. The molecular weight excluding hydrogens is 284 g/mol. The summed E-state index contributed by atoms with van der Waals surface area (Å²) in [4.78, 5) is 4.52. The van der Waals surface area contributed by atoms with Crippen LogP contribution in [0.15, 0.2) is 68.1 Å². The van der Waals surface area contributed by atoms with Crippen molar-refractivity contribution >= 4 is 48.8 Å². The average Bonchev–Trinajstić information content (AvgIpc) is 2.34. The first-order chi connectivity index (χ1) is 8.27. The van der Waals surface area contributed by atoms with Gasteiger partial charge in [-0.2, -0.15) is 0 Å². The number of rotatable bonds is 4. The third-order valence-electron chi connectivity index (χ3n) is 2.16. The van der Waals surface area contributed by atoms with E-state index in [0.29, 0.717) is 0 Å². The van der Waals surface area contributed by atoms with E-state index >= 15 is 0 Å². The quantitative estimate of drug-likeness (QED) is 0.457. The Kier molecular flexibility index (Phi) is 5.22. The second-order valence-electron chi connectivity index (χ2n) is 3.34. The predicted octanol–water partition coefficient (Wildman–Crippen LogP) is 5.11. The molecule has 0 N–H and O–H groups in total. The highest BCUT2D eigenvalue weighted by Crippen LogP contribution is 2.33. The minimum absolute atomic E-state index is 0.967. The second-order valence-corrected chi connectivity index (χ2v) is 6.71. The molecule has 0 amide bonds. The molecule has 0 saturated heterocycles. The Morgan fingerprint density at radius 1 is 0.706 bits per heavy atom. The van der Waals surface area contributed by atoms with Crippen molar-refractivity contribution in [1.29, 1.82) is 0 Å². The molecule has 4 heteroatoms. The first kappa shape index (κ1) is 13.3. The third-order valence-corrected chi connectivity index (χ3v) is 5.52. The van der Waals surface area contributed by atoms with Crippen molar-refractivity contribution in [2.75, 3.05) is 5.08 Å². The zero-order valence-corrected chi connectivity index (χ0v) is 12.5. The van der Waals surface area contributed by atoms with Crippen LogP contribution in [-0.2, 0) is 0 Å². The Hall–Kier alpha value is -0.160. The molecule has 0 bridgehead atoms. The van der Waals surface area contributed by atoms with Crippen molar-refractivity contribution in [3.63, 3.8) is 0 Å². The van der Waals surface area contributed by atoms with Gasteiger partial charge < -0.3 is 0 Å². The van der Waals surface area contributed by atoms with Gasteiger partial charge >= 0.3 is 0 Å². The Bertz CT molecular complexity index is 451. The van der Waals surface area contributed by atoms with Crippen molar-refractivity contribution in [1.82, 2.24) is 0 Å². The number of thioether (sulfide) groups is 2. The fourth-order valence-corrected chi connectivity index (χ4v) is 4.06. The van der Waals surface area contributed by atoms with Crippen LogP contribution in [0, 0.1) is 0 Å². The Labute approximate surface area is 121 Å². The molecule has 0 fully saturated rings. The number of hydrogen-bond acceptors (Lipinski definition) is 4. The van der Waals surface area contributed by atoms with Crippen LogP contribution in [0.4, 0.5) is 0 Å². The maximum atomic E-state index is 4.43. The van der Waals surface area contributed by atoms with Crippen molar-refractivity contribution < 1.29 is 0 Å².